The lowest BCUT2D eigenvalue weighted by Crippen LogP contribution is -1.97. The summed E-state index contributed by atoms with van der Waals surface area (Å²) in [7, 11) is 0. The van der Waals surface area contributed by atoms with E-state index in [1.54, 1.807) is 6.20 Å². The first kappa shape index (κ1) is 8.81. The van der Waals surface area contributed by atoms with E-state index in [1.165, 1.54) is 4.57 Å². The van der Waals surface area contributed by atoms with Gasteiger partial charge in [-0.3, -0.25) is 9.36 Å². The Morgan fingerprint density at radius 1 is 1.43 bits per heavy atom. The summed E-state index contributed by atoms with van der Waals surface area (Å²) in [4.78, 5) is 10.7. The number of para-hydroxylation sites is 1. The molecule has 0 atom stereocenters. The summed E-state index contributed by atoms with van der Waals surface area (Å²) in [6.45, 7) is 2.52. The van der Waals surface area contributed by atoms with Crippen LogP contribution in [0.5, 0.6) is 5.75 Å². The molecule has 0 saturated heterocycles. The van der Waals surface area contributed by atoms with E-state index in [0.29, 0.717) is 6.61 Å². The largest absolute Gasteiger partial charge is 0.492 e. The van der Waals surface area contributed by atoms with Gasteiger partial charge in [0.1, 0.15) is 5.75 Å². The van der Waals surface area contributed by atoms with Gasteiger partial charge in [-0.15, -0.1) is 0 Å². The van der Waals surface area contributed by atoms with Crippen LogP contribution in [0.3, 0.4) is 0 Å². The number of carbonyl (C=O) groups is 1. The zero-order valence-corrected chi connectivity index (χ0v) is 7.93. The van der Waals surface area contributed by atoms with Gasteiger partial charge in [0.2, 0.25) is 6.41 Å². The monoisotopic (exact) mass is 189 g/mol. The summed E-state index contributed by atoms with van der Waals surface area (Å²) in [5.74, 6) is 0.752. The SMILES string of the molecule is CCOc1cccc2ccn(C=O)c12. The predicted molar refractivity (Wildman–Crippen MR) is 55.3 cm³/mol. The van der Waals surface area contributed by atoms with Crippen LogP contribution < -0.4 is 4.74 Å². The van der Waals surface area contributed by atoms with Crippen molar-refractivity contribution in [2.24, 2.45) is 0 Å². The first-order chi connectivity index (χ1) is 6.86. The lowest BCUT2D eigenvalue weighted by molar-refractivity contribution is 0.343. The molecule has 3 heteroatoms. The van der Waals surface area contributed by atoms with Crippen molar-refractivity contribution in [3.8, 4) is 5.75 Å². The summed E-state index contributed by atoms with van der Waals surface area (Å²) < 4.78 is 6.97. The normalized spacial score (nSPS) is 10.4. The van der Waals surface area contributed by atoms with Crippen LogP contribution in [0.2, 0.25) is 0 Å². The van der Waals surface area contributed by atoms with Crippen molar-refractivity contribution in [3.63, 3.8) is 0 Å². The van der Waals surface area contributed by atoms with E-state index in [4.69, 9.17) is 4.74 Å². The van der Waals surface area contributed by atoms with Gasteiger partial charge in [-0.2, -0.15) is 0 Å². The fraction of sp³-hybridized carbons (Fsp3) is 0.182. The zero-order chi connectivity index (χ0) is 9.97. The third kappa shape index (κ3) is 1.27. The maximum atomic E-state index is 10.7. The van der Waals surface area contributed by atoms with Crippen molar-refractivity contribution in [3.05, 3.63) is 30.5 Å². The van der Waals surface area contributed by atoms with Gasteiger partial charge < -0.3 is 4.74 Å². The summed E-state index contributed by atoms with van der Waals surface area (Å²) in [6.07, 6.45) is 2.52. The Labute approximate surface area is 81.9 Å². The molecule has 0 aliphatic carbocycles. The molecule has 0 bridgehead atoms. The van der Waals surface area contributed by atoms with Crippen molar-refractivity contribution >= 4 is 17.3 Å². The van der Waals surface area contributed by atoms with Gasteiger partial charge in [-0.05, 0) is 19.1 Å². The quantitative estimate of drug-likeness (QED) is 0.692. The fourth-order valence-electron chi connectivity index (χ4n) is 1.55. The molecule has 0 aliphatic heterocycles. The smallest absolute Gasteiger partial charge is 0.218 e. The Morgan fingerprint density at radius 2 is 2.29 bits per heavy atom. The minimum atomic E-state index is 0.600. The second kappa shape index (κ2) is 3.54. The molecular formula is C11H11NO2. The number of nitrogens with zero attached hydrogens (tertiary/aromatic N) is 1. The molecule has 2 aromatic rings. The van der Waals surface area contributed by atoms with Crippen molar-refractivity contribution in [2.45, 2.75) is 6.92 Å². The molecule has 1 aromatic heterocycles. The van der Waals surface area contributed by atoms with Crippen LogP contribution in [-0.2, 0) is 4.79 Å². The summed E-state index contributed by atoms with van der Waals surface area (Å²) in [6, 6.07) is 7.64. The van der Waals surface area contributed by atoms with E-state index in [1.807, 2.05) is 31.2 Å². The highest BCUT2D eigenvalue weighted by molar-refractivity contribution is 5.90. The number of rotatable bonds is 3. The number of fused-ring (bicyclic) bond motifs is 1. The molecule has 3 nitrogen and oxygen atoms in total. The number of hydrogen-bond acceptors (Lipinski definition) is 2. The number of aromatic nitrogens is 1. The number of carbonyl (C=O) groups excluding carboxylic acids is 1. The molecule has 0 fully saturated rings. The Morgan fingerprint density at radius 3 is 3.00 bits per heavy atom. The average molecular weight is 189 g/mol. The Balaban J connectivity index is 2.68. The van der Waals surface area contributed by atoms with Crippen LogP contribution in [0, 0.1) is 0 Å². The Bertz CT molecular complexity index is 459. The van der Waals surface area contributed by atoms with E-state index in [0.717, 1.165) is 23.1 Å². The van der Waals surface area contributed by atoms with E-state index in [-0.39, 0.29) is 0 Å². The van der Waals surface area contributed by atoms with Crippen LogP contribution in [0.15, 0.2) is 30.5 Å². The Hall–Kier alpha value is -1.77. The molecule has 1 heterocycles. The molecule has 72 valence electrons. The zero-order valence-electron chi connectivity index (χ0n) is 7.93. The van der Waals surface area contributed by atoms with Crippen molar-refractivity contribution in [1.82, 2.24) is 4.57 Å². The topological polar surface area (TPSA) is 31.2 Å². The highest BCUT2D eigenvalue weighted by Crippen LogP contribution is 2.25. The summed E-state index contributed by atoms with van der Waals surface area (Å²) in [5.41, 5.74) is 0.837. The van der Waals surface area contributed by atoms with Crippen molar-refractivity contribution < 1.29 is 9.53 Å². The highest BCUT2D eigenvalue weighted by Gasteiger charge is 2.05. The third-order valence-corrected chi connectivity index (χ3v) is 2.12. The van der Waals surface area contributed by atoms with Crippen LogP contribution in [0.1, 0.15) is 6.92 Å². The number of hydrogen-bond donors (Lipinski definition) is 0. The van der Waals surface area contributed by atoms with E-state index >= 15 is 0 Å². The van der Waals surface area contributed by atoms with Gasteiger partial charge in [0.25, 0.3) is 0 Å². The predicted octanol–water partition coefficient (Wildman–Crippen LogP) is 2.08. The first-order valence-corrected chi connectivity index (χ1v) is 4.54. The van der Waals surface area contributed by atoms with Gasteiger partial charge >= 0.3 is 0 Å². The van der Waals surface area contributed by atoms with Gasteiger partial charge in [-0.1, -0.05) is 12.1 Å². The maximum absolute atomic E-state index is 10.7. The third-order valence-electron chi connectivity index (χ3n) is 2.12. The van der Waals surface area contributed by atoms with Gasteiger partial charge in [0.05, 0.1) is 12.1 Å². The molecule has 1 aromatic carbocycles. The van der Waals surface area contributed by atoms with Crippen molar-refractivity contribution in [2.75, 3.05) is 6.61 Å². The second-order valence-corrected chi connectivity index (χ2v) is 2.96. The van der Waals surface area contributed by atoms with Gasteiger partial charge in [-0.25, -0.2) is 0 Å². The molecule has 0 spiro atoms. The minimum absolute atomic E-state index is 0.600. The van der Waals surface area contributed by atoms with Crippen LogP contribution in [0.4, 0.5) is 0 Å². The lowest BCUT2D eigenvalue weighted by Gasteiger charge is -2.05. The summed E-state index contributed by atoms with van der Waals surface area (Å²) in [5, 5.41) is 1.02. The van der Waals surface area contributed by atoms with Crippen molar-refractivity contribution in [1.29, 1.82) is 0 Å². The van der Waals surface area contributed by atoms with Crippen LogP contribution in [-0.4, -0.2) is 17.6 Å². The van der Waals surface area contributed by atoms with E-state index in [2.05, 4.69) is 0 Å². The standard InChI is InChI=1S/C11H11NO2/c1-2-14-10-5-3-4-9-6-7-12(8-13)11(9)10/h3-8H,2H2,1H3. The molecule has 0 unspecified atom stereocenters. The number of ether oxygens (including phenoxy) is 1. The van der Waals surface area contributed by atoms with Crippen LogP contribution >= 0.6 is 0 Å². The highest BCUT2D eigenvalue weighted by atomic mass is 16.5. The molecule has 0 saturated carbocycles. The molecule has 0 aliphatic rings. The summed E-state index contributed by atoms with van der Waals surface area (Å²) >= 11 is 0. The van der Waals surface area contributed by atoms with Gasteiger partial charge in [0.15, 0.2) is 0 Å². The fourth-order valence-corrected chi connectivity index (χ4v) is 1.55. The molecule has 0 amide bonds. The molecule has 0 N–H and O–H groups in total. The van der Waals surface area contributed by atoms with E-state index < -0.39 is 0 Å². The second-order valence-electron chi connectivity index (χ2n) is 2.96. The lowest BCUT2D eigenvalue weighted by atomic mass is 10.2. The maximum Gasteiger partial charge on any atom is 0.218 e. The number of benzene rings is 1. The minimum Gasteiger partial charge on any atom is -0.492 e. The van der Waals surface area contributed by atoms with Gasteiger partial charge in [0, 0.05) is 11.6 Å². The average Bonchev–Trinajstić information content (AvgIpc) is 2.62. The molecule has 2 rings (SSSR count). The molecular weight excluding hydrogens is 178 g/mol. The Kier molecular flexibility index (Phi) is 2.23. The van der Waals surface area contributed by atoms with Crippen LogP contribution in [0.25, 0.3) is 10.9 Å². The molecule has 0 radical (unpaired) electrons. The first-order valence-electron chi connectivity index (χ1n) is 4.54. The molecule has 14 heavy (non-hydrogen) atoms. The van der Waals surface area contributed by atoms with E-state index in [9.17, 15) is 4.79 Å².